The Bertz CT molecular complexity index is 606. The fraction of sp³-hybridized carbons (Fsp3) is 0.556. The lowest BCUT2D eigenvalue weighted by molar-refractivity contribution is -0.146. The molecule has 5 nitrogen and oxygen atoms in total. The maximum Gasteiger partial charge on any atom is 0.317 e. The molecule has 1 N–H and O–H groups in total. The van der Waals surface area contributed by atoms with Crippen LogP contribution in [-0.2, 0) is 22.6 Å². The van der Waals surface area contributed by atoms with Gasteiger partial charge in [0.05, 0.1) is 12.0 Å². The highest BCUT2D eigenvalue weighted by Gasteiger charge is 2.45. The van der Waals surface area contributed by atoms with Crippen molar-refractivity contribution < 1.29 is 14.7 Å². The largest absolute Gasteiger partial charge is 0.480 e. The van der Waals surface area contributed by atoms with Crippen molar-refractivity contribution in [3.05, 3.63) is 35.4 Å². The summed E-state index contributed by atoms with van der Waals surface area (Å²) in [5, 5.41) is 8.96. The summed E-state index contributed by atoms with van der Waals surface area (Å²) in [7, 11) is 0. The van der Waals surface area contributed by atoms with Gasteiger partial charge in [-0.3, -0.25) is 14.5 Å². The average Bonchev–Trinajstić information content (AvgIpc) is 2.65. The monoisotopic (exact) mass is 316 g/mol. The van der Waals surface area contributed by atoms with Crippen molar-refractivity contribution in [3.8, 4) is 0 Å². The first-order valence-electron chi connectivity index (χ1n) is 8.34. The molecule has 3 rings (SSSR count). The molecule has 2 heterocycles. The number of carboxylic acids is 1. The summed E-state index contributed by atoms with van der Waals surface area (Å²) >= 11 is 0. The minimum absolute atomic E-state index is 0.0678. The zero-order chi connectivity index (χ0) is 16.4. The van der Waals surface area contributed by atoms with Crippen molar-refractivity contribution in [1.82, 2.24) is 9.80 Å². The Kier molecular flexibility index (Phi) is 4.39. The van der Waals surface area contributed by atoms with E-state index in [-0.39, 0.29) is 17.9 Å². The number of piperidine rings is 1. The summed E-state index contributed by atoms with van der Waals surface area (Å²) in [4.78, 5) is 27.9. The molecule has 23 heavy (non-hydrogen) atoms. The number of likely N-dealkylation sites (tertiary alicyclic amines) is 1. The van der Waals surface area contributed by atoms with Crippen LogP contribution < -0.4 is 0 Å². The summed E-state index contributed by atoms with van der Waals surface area (Å²) in [5.74, 6) is -0.556. The van der Waals surface area contributed by atoms with Gasteiger partial charge in [-0.1, -0.05) is 24.3 Å². The van der Waals surface area contributed by atoms with Crippen molar-refractivity contribution in [2.45, 2.75) is 32.7 Å². The molecule has 1 amide bonds. The molecule has 2 aliphatic heterocycles. The fourth-order valence-electron chi connectivity index (χ4n) is 3.91. The van der Waals surface area contributed by atoms with Gasteiger partial charge in [0.2, 0.25) is 5.91 Å². The molecule has 0 saturated carbocycles. The topological polar surface area (TPSA) is 60.9 Å². The van der Waals surface area contributed by atoms with Crippen LogP contribution in [0.2, 0.25) is 0 Å². The highest BCUT2D eigenvalue weighted by molar-refractivity contribution is 5.84. The molecule has 124 valence electrons. The second-order valence-electron chi connectivity index (χ2n) is 6.72. The van der Waals surface area contributed by atoms with Gasteiger partial charge in [0.15, 0.2) is 0 Å². The van der Waals surface area contributed by atoms with Crippen LogP contribution >= 0.6 is 0 Å². The second kappa shape index (κ2) is 6.32. The number of carboxylic acid groups (broad SMARTS) is 1. The summed E-state index contributed by atoms with van der Waals surface area (Å²) in [5.41, 5.74) is 2.15. The number of nitrogens with zero attached hydrogens (tertiary/aromatic N) is 2. The van der Waals surface area contributed by atoms with Crippen LogP contribution in [0, 0.1) is 5.41 Å². The SMILES string of the molecule is CCN1Cc2ccccc2CC2(CCN(CC(=O)O)CC2)C1=O. The molecule has 1 aromatic carbocycles. The Morgan fingerprint density at radius 2 is 1.87 bits per heavy atom. The van der Waals surface area contributed by atoms with Crippen molar-refractivity contribution >= 4 is 11.9 Å². The molecule has 1 saturated heterocycles. The van der Waals surface area contributed by atoms with Gasteiger partial charge in [-0.15, -0.1) is 0 Å². The summed E-state index contributed by atoms with van der Waals surface area (Å²) < 4.78 is 0. The Labute approximate surface area is 136 Å². The van der Waals surface area contributed by atoms with Gasteiger partial charge in [0.1, 0.15) is 0 Å². The third kappa shape index (κ3) is 3.11. The van der Waals surface area contributed by atoms with E-state index in [1.165, 1.54) is 11.1 Å². The Morgan fingerprint density at radius 1 is 1.22 bits per heavy atom. The highest BCUT2D eigenvalue weighted by atomic mass is 16.4. The number of aliphatic carboxylic acids is 1. The molecule has 0 aliphatic carbocycles. The van der Waals surface area contributed by atoms with Crippen molar-refractivity contribution in [3.63, 3.8) is 0 Å². The summed E-state index contributed by atoms with van der Waals surface area (Å²) in [6.45, 7) is 4.85. The zero-order valence-electron chi connectivity index (χ0n) is 13.6. The normalized spacial score (nSPS) is 21.1. The first kappa shape index (κ1) is 16.0. The minimum Gasteiger partial charge on any atom is -0.480 e. The van der Waals surface area contributed by atoms with Gasteiger partial charge in [-0.2, -0.15) is 0 Å². The predicted octanol–water partition coefficient (Wildman–Crippen LogP) is 1.76. The molecule has 0 bridgehead atoms. The number of benzene rings is 1. The van der Waals surface area contributed by atoms with E-state index in [0.29, 0.717) is 26.2 Å². The average molecular weight is 316 g/mol. The van der Waals surface area contributed by atoms with Crippen LogP contribution in [-0.4, -0.2) is 53.0 Å². The minimum atomic E-state index is -0.798. The Balaban J connectivity index is 1.86. The lowest BCUT2D eigenvalue weighted by Gasteiger charge is -2.41. The van der Waals surface area contributed by atoms with Crippen molar-refractivity contribution in [2.75, 3.05) is 26.2 Å². The molecule has 0 unspecified atom stereocenters. The van der Waals surface area contributed by atoms with Crippen LogP contribution in [0.3, 0.4) is 0 Å². The quantitative estimate of drug-likeness (QED) is 0.923. The van der Waals surface area contributed by atoms with E-state index in [4.69, 9.17) is 5.11 Å². The predicted molar refractivity (Wildman–Crippen MR) is 87.0 cm³/mol. The van der Waals surface area contributed by atoms with E-state index in [9.17, 15) is 9.59 Å². The number of rotatable bonds is 3. The zero-order valence-corrected chi connectivity index (χ0v) is 13.6. The van der Waals surface area contributed by atoms with E-state index < -0.39 is 5.97 Å². The van der Waals surface area contributed by atoms with Crippen LogP contribution in [0.1, 0.15) is 30.9 Å². The fourth-order valence-corrected chi connectivity index (χ4v) is 3.91. The van der Waals surface area contributed by atoms with Crippen LogP contribution in [0.5, 0.6) is 0 Å². The molecule has 1 fully saturated rings. The molecule has 0 aromatic heterocycles. The van der Waals surface area contributed by atoms with E-state index in [1.54, 1.807) is 0 Å². The smallest absolute Gasteiger partial charge is 0.317 e. The molecular weight excluding hydrogens is 292 g/mol. The van der Waals surface area contributed by atoms with E-state index >= 15 is 0 Å². The van der Waals surface area contributed by atoms with Crippen LogP contribution in [0.15, 0.2) is 24.3 Å². The molecule has 0 atom stereocenters. The first-order chi connectivity index (χ1) is 11.0. The second-order valence-corrected chi connectivity index (χ2v) is 6.72. The van der Waals surface area contributed by atoms with Gasteiger partial charge in [-0.25, -0.2) is 0 Å². The van der Waals surface area contributed by atoms with Gasteiger partial charge < -0.3 is 10.0 Å². The number of carbonyl (C=O) groups excluding carboxylic acids is 1. The van der Waals surface area contributed by atoms with Crippen LogP contribution in [0.4, 0.5) is 0 Å². The van der Waals surface area contributed by atoms with E-state index in [0.717, 1.165) is 19.3 Å². The Morgan fingerprint density at radius 3 is 2.48 bits per heavy atom. The molecule has 2 aliphatic rings. The molecule has 1 aromatic rings. The Hall–Kier alpha value is -1.88. The number of fused-ring (bicyclic) bond motifs is 1. The third-order valence-electron chi connectivity index (χ3n) is 5.30. The van der Waals surface area contributed by atoms with Gasteiger partial charge >= 0.3 is 5.97 Å². The molecule has 0 radical (unpaired) electrons. The van der Waals surface area contributed by atoms with Crippen molar-refractivity contribution in [2.24, 2.45) is 5.41 Å². The summed E-state index contributed by atoms with van der Waals surface area (Å²) in [6.07, 6.45) is 2.26. The van der Waals surface area contributed by atoms with Crippen molar-refractivity contribution in [1.29, 1.82) is 0 Å². The van der Waals surface area contributed by atoms with Gasteiger partial charge in [0.25, 0.3) is 0 Å². The maximum atomic E-state index is 13.1. The third-order valence-corrected chi connectivity index (χ3v) is 5.30. The molecule has 1 spiro atoms. The van der Waals surface area contributed by atoms with E-state index in [1.807, 2.05) is 28.9 Å². The van der Waals surface area contributed by atoms with Gasteiger partial charge in [0, 0.05) is 13.1 Å². The first-order valence-corrected chi connectivity index (χ1v) is 8.34. The number of amides is 1. The molecule has 5 heteroatoms. The number of carbonyl (C=O) groups is 2. The lowest BCUT2D eigenvalue weighted by atomic mass is 9.73. The lowest BCUT2D eigenvalue weighted by Crippen LogP contribution is -2.50. The van der Waals surface area contributed by atoms with Crippen LogP contribution in [0.25, 0.3) is 0 Å². The number of hydrogen-bond acceptors (Lipinski definition) is 3. The standard InChI is InChI=1S/C18H24N2O3/c1-2-20-12-15-6-4-3-5-14(15)11-18(17(20)23)7-9-19(10-8-18)13-16(21)22/h3-6H,2,7-13H2,1H3,(H,21,22). The molecular formula is C18H24N2O3. The maximum absolute atomic E-state index is 13.1. The highest BCUT2D eigenvalue weighted by Crippen LogP contribution is 2.40. The van der Waals surface area contributed by atoms with Gasteiger partial charge in [-0.05, 0) is 50.4 Å². The number of hydrogen-bond donors (Lipinski definition) is 1. The van der Waals surface area contributed by atoms with E-state index in [2.05, 4.69) is 12.1 Å². The summed E-state index contributed by atoms with van der Waals surface area (Å²) in [6, 6.07) is 8.32.